The average Bonchev–Trinajstić information content (AvgIpc) is 3.19. The quantitative estimate of drug-likeness (QED) is 0.699. The number of H-pyrrole nitrogens is 1. The fourth-order valence-electron chi connectivity index (χ4n) is 3.34. The van der Waals surface area contributed by atoms with E-state index in [0.29, 0.717) is 24.4 Å². The van der Waals surface area contributed by atoms with Gasteiger partial charge in [0.05, 0.1) is 19.1 Å². The zero-order valence-corrected chi connectivity index (χ0v) is 17.3. The van der Waals surface area contributed by atoms with E-state index in [1.165, 1.54) is 7.11 Å². The van der Waals surface area contributed by atoms with E-state index in [-0.39, 0.29) is 12.1 Å². The van der Waals surface area contributed by atoms with Gasteiger partial charge in [-0.25, -0.2) is 14.6 Å². The van der Waals surface area contributed by atoms with Gasteiger partial charge >= 0.3 is 12.0 Å². The van der Waals surface area contributed by atoms with Gasteiger partial charge in [0.2, 0.25) is 0 Å². The van der Waals surface area contributed by atoms with Crippen LogP contribution in [0.5, 0.6) is 0 Å². The highest BCUT2D eigenvalue weighted by molar-refractivity contribution is 7.98. The molecule has 2 atom stereocenters. The standard InChI is InChI=1S/C19H23ClN4O3S/c1-27-18(25)15(8-10-28-2)23-19(26)24-9-7-14-16(22-11-21-14)17(24)12-3-5-13(20)6-4-12/h3-6,11,15,17H,7-10H2,1-2H3,(H,21,22)(H,23,26)/t15-,17-/m0/s1. The highest BCUT2D eigenvalue weighted by Gasteiger charge is 2.35. The van der Waals surface area contributed by atoms with Crippen LogP contribution in [0.25, 0.3) is 0 Å². The minimum absolute atomic E-state index is 0.315. The van der Waals surface area contributed by atoms with Crippen molar-refractivity contribution < 1.29 is 14.3 Å². The van der Waals surface area contributed by atoms with Crippen molar-refractivity contribution in [2.75, 3.05) is 25.7 Å². The Labute approximate surface area is 173 Å². The van der Waals surface area contributed by atoms with Crippen molar-refractivity contribution in [3.8, 4) is 0 Å². The lowest BCUT2D eigenvalue weighted by atomic mass is 9.96. The number of aromatic amines is 1. The Kier molecular flexibility index (Phi) is 6.85. The molecule has 0 radical (unpaired) electrons. The van der Waals surface area contributed by atoms with E-state index in [9.17, 15) is 9.59 Å². The molecule has 0 spiro atoms. The number of aromatic nitrogens is 2. The van der Waals surface area contributed by atoms with Crippen LogP contribution in [-0.2, 0) is 16.0 Å². The zero-order valence-electron chi connectivity index (χ0n) is 15.8. The molecular formula is C19H23ClN4O3S. The van der Waals surface area contributed by atoms with Crippen LogP contribution in [0.2, 0.25) is 5.02 Å². The molecule has 1 aliphatic rings. The number of imidazole rings is 1. The summed E-state index contributed by atoms with van der Waals surface area (Å²) in [5, 5.41) is 3.47. The number of hydrogen-bond acceptors (Lipinski definition) is 5. The number of carbonyl (C=O) groups excluding carboxylic acids is 2. The molecular weight excluding hydrogens is 400 g/mol. The van der Waals surface area contributed by atoms with Crippen LogP contribution in [0.15, 0.2) is 30.6 Å². The first-order chi connectivity index (χ1) is 13.5. The van der Waals surface area contributed by atoms with Crippen LogP contribution in [0.3, 0.4) is 0 Å². The molecule has 3 rings (SSSR count). The maximum absolute atomic E-state index is 13.1. The van der Waals surface area contributed by atoms with Gasteiger partial charge < -0.3 is 19.9 Å². The number of ether oxygens (including phenoxy) is 1. The lowest BCUT2D eigenvalue weighted by Crippen LogP contribution is -2.51. The summed E-state index contributed by atoms with van der Waals surface area (Å²) in [5.74, 6) is 0.299. The number of hydrogen-bond donors (Lipinski definition) is 2. The first-order valence-electron chi connectivity index (χ1n) is 8.96. The monoisotopic (exact) mass is 422 g/mol. The lowest BCUT2D eigenvalue weighted by Gasteiger charge is -2.36. The summed E-state index contributed by atoms with van der Waals surface area (Å²) in [4.78, 5) is 34.5. The number of rotatable bonds is 6. The smallest absolute Gasteiger partial charge is 0.328 e. The summed E-state index contributed by atoms with van der Waals surface area (Å²) < 4.78 is 4.85. The predicted molar refractivity (Wildman–Crippen MR) is 110 cm³/mol. The molecule has 2 amide bonds. The molecule has 2 aromatic rings. The molecule has 0 aliphatic carbocycles. The number of nitrogens with zero attached hydrogens (tertiary/aromatic N) is 2. The number of benzene rings is 1. The van der Waals surface area contributed by atoms with Crippen molar-refractivity contribution in [2.24, 2.45) is 0 Å². The van der Waals surface area contributed by atoms with Gasteiger partial charge in [0.25, 0.3) is 0 Å². The molecule has 7 nitrogen and oxygen atoms in total. The third-order valence-electron chi connectivity index (χ3n) is 4.77. The number of amides is 2. The second-order valence-corrected chi connectivity index (χ2v) is 7.89. The minimum atomic E-state index is -0.684. The Morgan fingerprint density at radius 1 is 1.43 bits per heavy atom. The minimum Gasteiger partial charge on any atom is -0.467 e. The van der Waals surface area contributed by atoms with E-state index in [1.807, 2.05) is 18.4 Å². The molecule has 0 saturated heterocycles. The SMILES string of the molecule is COC(=O)[C@H](CCSC)NC(=O)N1CCc2[nH]cnc2[C@@H]1c1ccc(Cl)cc1. The third-order valence-corrected chi connectivity index (χ3v) is 5.66. The highest BCUT2D eigenvalue weighted by atomic mass is 35.5. The maximum Gasteiger partial charge on any atom is 0.328 e. The average molecular weight is 423 g/mol. The number of thioether (sulfide) groups is 1. The first kappa shape index (κ1) is 20.5. The summed E-state index contributed by atoms with van der Waals surface area (Å²) in [6.45, 7) is 0.505. The molecule has 1 aromatic carbocycles. The molecule has 9 heteroatoms. The number of urea groups is 1. The largest absolute Gasteiger partial charge is 0.467 e. The van der Waals surface area contributed by atoms with E-state index in [4.69, 9.17) is 16.3 Å². The summed E-state index contributed by atoms with van der Waals surface area (Å²) in [6, 6.07) is 6.02. The van der Waals surface area contributed by atoms with Crippen molar-refractivity contribution in [2.45, 2.75) is 24.9 Å². The Balaban J connectivity index is 1.86. The van der Waals surface area contributed by atoms with E-state index >= 15 is 0 Å². The molecule has 1 aliphatic heterocycles. The number of fused-ring (bicyclic) bond motifs is 1. The Hall–Kier alpha value is -2.19. The summed E-state index contributed by atoms with van der Waals surface area (Å²) in [5.41, 5.74) is 2.73. The van der Waals surface area contributed by atoms with Crippen molar-refractivity contribution in [3.63, 3.8) is 0 Å². The fraction of sp³-hybridized carbons (Fsp3) is 0.421. The fourth-order valence-corrected chi connectivity index (χ4v) is 3.93. The summed E-state index contributed by atoms with van der Waals surface area (Å²) >= 11 is 7.64. The summed E-state index contributed by atoms with van der Waals surface area (Å²) in [6.07, 6.45) is 4.77. The number of carbonyl (C=O) groups is 2. The second-order valence-electron chi connectivity index (χ2n) is 6.47. The van der Waals surface area contributed by atoms with E-state index < -0.39 is 12.0 Å². The number of nitrogens with one attached hydrogen (secondary N) is 2. The van der Waals surface area contributed by atoms with Crippen LogP contribution in [0.4, 0.5) is 4.79 Å². The topological polar surface area (TPSA) is 87.3 Å². The molecule has 28 heavy (non-hydrogen) atoms. The van der Waals surface area contributed by atoms with Crippen LogP contribution >= 0.6 is 23.4 Å². The van der Waals surface area contributed by atoms with Crippen LogP contribution in [-0.4, -0.2) is 58.6 Å². The zero-order chi connectivity index (χ0) is 20.1. The summed E-state index contributed by atoms with van der Waals surface area (Å²) in [7, 11) is 1.33. The van der Waals surface area contributed by atoms with Crippen molar-refractivity contribution >= 4 is 35.4 Å². The normalized spacial score (nSPS) is 17.0. The molecule has 0 saturated carbocycles. The van der Waals surface area contributed by atoms with E-state index in [0.717, 1.165) is 22.7 Å². The van der Waals surface area contributed by atoms with Crippen LogP contribution < -0.4 is 5.32 Å². The van der Waals surface area contributed by atoms with Gasteiger partial charge in [-0.2, -0.15) is 11.8 Å². The predicted octanol–water partition coefficient (Wildman–Crippen LogP) is 3.01. The first-order valence-corrected chi connectivity index (χ1v) is 10.7. The maximum atomic E-state index is 13.1. The Morgan fingerprint density at radius 2 is 2.18 bits per heavy atom. The van der Waals surface area contributed by atoms with Crippen molar-refractivity contribution in [1.29, 1.82) is 0 Å². The molecule has 0 fully saturated rings. The molecule has 150 valence electrons. The molecule has 2 heterocycles. The Bertz CT molecular complexity index is 827. The Morgan fingerprint density at radius 3 is 2.86 bits per heavy atom. The molecule has 1 aromatic heterocycles. The van der Waals surface area contributed by atoms with Crippen LogP contribution in [0, 0.1) is 0 Å². The van der Waals surface area contributed by atoms with E-state index in [1.54, 1.807) is 35.1 Å². The van der Waals surface area contributed by atoms with Gasteiger partial charge in [-0.1, -0.05) is 23.7 Å². The van der Waals surface area contributed by atoms with Gasteiger partial charge in [0.15, 0.2) is 0 Å². The van der Waals surface area contributed by atoms with Crippen LogP contribution in [0.1, 0.15) is 29.4 Å². The molecule has 0 bridgehead atoms. The van der Waals surface area contributed by atoms with Gasteiger partial charge in [-0.05, 0) is 36.1 Å². The number of methoxy groups -OCH3 is 1. The highest BCUT2D eigenvalue weighted by Crippen LogP contribution is 2.33. The van der Waals surface area contributed by atoms with Gasteiger partial charge in [0, 0.05) is 23.7 Å². The van der Waals surface area contributed by atoms with Gasteiger partial charge in [-0.15, -0.1) is 0 Å². The van der Waals surface area contributed by atoms with Crippen molar-refractivity contribution in [1.82, 2.24) is 20.2 Å². The lowest BCUT2D eigenvalue weighted by molar-refractivity contribution is -0.142. The van der Waals surface area contributed by atoms with Crippen molar-refractivity contribution in [3.05, 3.63) is 52.6 Å². The second kappa shape index (κ2) is 9.34. The molecule has 2 N–H and O–H groups in total. The molecule has 0 unspecified atom stereocenters. The number of esters is 1. The number of halogens is 1. The van der Waals surface area contributed by atoms with Gasteiger partial charge in [-0.3, -0.25) is 0 Å². The van der Waals surface area contributed by atoms with Gasteiger partial charge in [0.1, 0.15) is 12.1 Å². The van der Waals surface area contributed by atoms with E-state index in [2.05, 4.69) is 15.3 Å². The third kappa shape index (κ3) is 4.44.